The van der Waals surface area contributed by atoms with Gasteiger partial charge in [-0.3, -0.25) is 0 Å². The standard InChI is InChI=1S/C16H32N2O2/c1-5-6-7-8-9-14(17)13-10-11-18(12-13)15(19)20-16(2,3)4/h13-14H,5-12,17H2,1-4H3. The van der Waals surface area contributed by atoms with Gasteiger partial charge in [-0.05, 0) is 39.5 Å². The van der Waals surface area contributed by atoms with Crippen molar-refractivity contribution >= 4 is 6.09 Å². The minimum atomic E-state index is -0.419. The van der Waals surface area contributed by atoms with Gasteiger partial charge >= 0.3 is 6.09 Å². The number of likely N-dealkylation sites (tertiary alicyclic amines) is 1. The van der Waals surface area contributed by atoms with Crippen LogP contribution in [0.1, 0.15) is 66.2 Å². The number of unbranched alkanes of at least 4 members (excludes halogenated alkanes) is 3. The maximum Gasteiger partial charge on any atom is 0.410 e. The van der Waals surface area contributed by atoms with Crippen molar-refractivity contribution in [3.05, 3.63) is 0 Å². The van der Waals surface area contributed by atoms with E-state index in [9.17, 15) is 4.79 Å². The summed E-state index contributed by atoms with van der Waals surface area (Å²) in [5.41, 5.74) is 5.85. The van der Waals surface area contributed by atoms with E-state index < -0.39 is 5.60 Å². The van der Waals surface area contributed by atoms with Gasteiger partial charge in [-0.15, -0.1) is 0 Å². The molecule has 0 aliphatic carbocycles. The monoisotopic (exact) mass is 284 g/mol. The summed E-state index contributed by atoms with van der Waals surface area (Å²) in [7, 11) is 0. The van der Waals surface area contributed by atoms with Gasteiger partial charge in [0, 0.05) is 19.1 Å². The number of amides is 1. The summed E-state index contributed by atoms with van der Waals surface area (Å²) in [6.45, 7) is 9.45. The first-order valence-corrected chi connectivity index (χ1v) is 8.07. The van der Waals surface area contributed by atoms with E-state index >= 15 is 0 Å². The van der Waals surface area contributed by atoms with Gasteiger partial charge in [0.1, 0.15) is 5.60 Å². The van der Waals surface area contributed by atoms with Crippen LogP contribution in [0.2, 0.25) is 0 Å². The van der Waals surface area contributed by atoms with E-state index in [4.69, 9.17) is 10.5 Å². The molecule has 0 aromatic rings. The van der Waals surface area contributed by atoms with E-state index in [0.29, 0.717) is 5.92 Å². The summed E-state index contributed by atoms with van der Waals surface area (Å²) >= 11 is 0. The fourth-order valence-electron chi connectivity index (χ4n) is 2.67. The molecule has 1 aliphatic heterocycles. The highest BCUT2D eigenvalue weighted by Crippen LogP contribution is 2.23. The third-order valence-corrected chi connectivity index (χ3v) is 3.87. The van der Waals surface area contributed by atoms with Crippen LogP contribution in [0.25, 0.3) is 0 Å². The molecule has 0 spiro atoms. The number of carbonyl (C=O) groups excluding carboxylic acids is 1. The predicted octanol–water partition coefficient (Wildman–Crippen LogP) is 3.54. The summed E-state index contributed by atoms with van der Waals surface area (Å²) in [5.74, 6) is 0.434. The lowest BCUT2D eigenvalue weighted by Gasteiger charge is -2.25. The molecule has 1 fully saturated rings. The highest BCUT2D eigenvalue weighted by Gasteiger charge is 2.32. The van der Waals surface area contributed by atoms with Gasteiger partial charge in [0.05, 0.1) is 0 Å². The van der Waals surface area contributed by atoms with Crippen LogP contribution >= 0.6 is 0 Å². The van der Waals surface area contributed by atoms with Crippen molar-refractivity contribution in [1.82, 2.24) is 4.90 Å². The summed E-state index contributed by atoms with van der Waals surface area (Å²) < 4.78 is 5.41. The Labute approximate surface area is 124 Å². The highest BCUT2D eigenvalue weighted by atomic mass is 16.6. The third kappa shape index (κ3) is 6.12. The van der Waals surface area contributed by atoms with Crippen molar-refractivity contribution < 1.29 is 9.53 Å². The smallest absolute Gasteiger partial charge is 0.410 e. The molecule has 1 amide bonds. The van der Waals surface area contributed by atoms with Gasteiger partial charge in [0.2, 0.25) is 0 Å². The Morgan fingerprint density at radius 2 is 2.05 bits per heavy atom. The quantitative estimate of drug-likeness (QED) is 0.759. The summed E-state index contributed by atoms with van der Waals surface area (Å²) in [6, 6.07) is 0.222. The van der Waals surface area contributed by atoms with Crippen LogP contribution in [0.15, 0.2) is 0 Å². The number of nitrogens with zero attached hydrogens (tertiary/aromatic N) is 1. The molecule has 0 bridgehead atoms. The molecule has 1 aliphatic rings. The number of hydrogen-bond acceptors (Lipinski definition) is 3. The molecule has 2 unspecified atom stereocenters. The summed E-state index contributed by atoms with van der Waals surface area (Å²) in [5, 5.41) is 0. The Balaban J connectivity index is 2.29. The first-order chi connectivity index (χ1) is 9.33. The van der Waals surface area contributed by atoms with Gasteiger partial charge in [-0.1, -0.05) is 32.6 Å². The van der Waals surface area contributed by atoms with E-state index in [-0.39, 0.29) is 12.1 Å². The molecule has 0 aromatic heterocycles. The van der Waals surface area contributed by atoms with Crippen molar-refractivity contribution in [2.75, 3.05) is 13.1 Å². The Morgan fingerprint density at radius 1 is 1.35 bits per heavy atom. The molecule has 0 radical (unpaired) electrons. The van der Waals surface area contributed by atoms with Crippen LogP contribution in [-0.2, 0) is 4.74 Å². The third-order valence-electron chi connectivity index (χ3n) is 3.87. The highest BCUT2D eigenvalue weighted by molar-refractivity contribution is 5.68. The molecule has 2 N–H and O–H groups in total. The number of hydrogen-bond donors (Lipinski definition) is 1. The zero-order chi connectivity index (χ0) is 15.2. The van der Waals surface area contributed by atoms with Crippen LogP contribution in [0, 0.1) is 5.92 Å². The van der Waals surface area contributed by atoms with E-state index in [2.05, 4.69) is 6.92 Å². The van der Waals surface area contributed by atoms with Crippen LogP contribution < -0.4 is 5.73 Å². The first kappa shape index (κ1) is 17.3. The van der Waals surface area contributed by atoms with Crippen molar-refractivity contribution in [3.8, 4) is 0 Å². The minimum Gasteiger partial charge on any atom is -0.444 e. The Bertz CT molecular complexity index is 299. The second kappa shape index (κ2) is 7.87. The first-order valence-electron chi connectivity index (χ1n) is 8.07. The molecular weight excluding hydrogens is 252 g/mol. The van der Waals surface area contributed by atoms with Gasteiger partial charge < -0.3 is 15.4 Å². The number of rotatable bonds is 6. The molecule has 1 heterocycles. The van der Waals surface area contributed by atoms with E-state index in [0.717, 1.165) is 25.9 Å². The topological polar surface area (TPSA) is 55.6 Å². The van der Waals surface area contributed by atoms with Crippen molar-refractivity contribution in [2.24, 2.45) is 11.7 Å². The second-order valence-electron chi connectivity index (χ2n) is 6.99. The average molecular weight is 284 g/mol. The normalized spacial score (nSPS) is 21.1. The van der Waals surface area contributed by atoms with Gasteiger partial charge in [-0.25, -0.2) is 4.79 Å². The molecule has 2 atom stereocenters. The summed E-state index contributed by atoms with van der Waals surface area (Å²) in [6.07, 6.45) is 6.91. The van der Waals surface area contributed by atoms with Crippen molar-refractivity contribution in [1.29, 1.82) is 0 Å². The van der Waals surface area contributed by atoms with Crippen LogP contribution in [0.3, 0.4) is 0 Å². The van der Waals surface area contributed by atoms with Crippen LogP contribution in [0.4, 0.5) is 4.79 Å². The fourth-order valence-corrected chi connectivity index (χ4v) is 2.67. The molecule has 4 nitrogen and oxygen atoms in total. The lowest BCUT2D eigenvalue weighted by molar-refractivity contribution is 0.0286. The van der Waals surface area contributed by atoms with Crippen LogP contribution in [0.5, 0.6) is 0 Å². The Morgan fingerprint density at radius 3 is 2.65 bits per heavy atom. The van der Waals surface area contributed by atoms with Gasteiger partial charge in [0.25, 0.3) is 0 Å². The minimum absolute atomic E-state index is 0.196. The maximum absolute atomic E-state index is 12.0. The second-order valence-corrected chi connectivity index (χ2v) is 6.99. The predicted molar refractivity (Wildman–Crippen MR) is 82.6 cm³/mol. The molecule has 118 valence electrons. The average Bonchev–Trinajstić information content (AvgIpc) is 2.82. The SMILES string of the molecule is CCCCCCC(N)C1CCN(C(=O)OC(C)(C)C)C1. The number of ether oxygens (including phenoxy) is 1. The summed E-state index contributed by atoms with van der Waals surface area (Å²) in [4.78, 5) is 13.8. The van der Waals surface area contributed by atoms with E-state index in [1.807, 2.05) is 25.7 Å². The molecule has 0 saturated carbocycles. The molecule has 0 aromatic carbocycles. The molecular formula is C16H32N2O2. The largest absolute Gasteiger partial charge is 0.444 e. The molecule has 1 rings (SSSR count). The number of carbonyl (C=O) groups is 1. The fraction of sp³-hybridized carbons (Fsp3) is 0.938. The van der Waals surface area contributed by atoms with Gasteiger partial charge in [0.15, 0.2) is 0 Å². The van der Waals surface area contributed by atoms with Crippen LogP contribution in [-0.4, -0.2) is 35.7 Å². The van der Waals surface area contributed by atoms with Crippen molar-refractivity contribution in [3.63, 3.8) is 0 Å². The van der Waals surface area contributed by atoms with Crippen molar-refractivity contribution in [2.45, 2.75) is 77.9 Å². The Kier molecular flexibility index (Phi) is 6.80. The zero-order valence-corrected chi connectivity index (χ0v) is 13.7. The lowest BCUT2D eigenvalue weighted by atomic mass is 9.94. The van der Waals surface area contributed by atoms with Gasteiger partial charge in [-0.2, -0.15) is 0 Å². The molecule has 4 heteroatoms. The van der Waals surface area contributed by atoms with E-state index in [1.165, 1.54) is 25.7 Å². The number of nitrogens with two attached hydrogens (primary N) is 1. The van der Waals surface area contributed by atoms with E-state index in [1.54, 1.807) is 0 Å². The molecule has 1 saturated heterocycles. The lowest BCUT2D eigenvalue weighted by Crippen LogP contribution is -2.37. The molecule has 20 heavy (non-hydrogen) atoms. The zero-order valence-electron chi connectivity index (χ0n) is 13.7. The maximum atomic E-state index is 12.0. The Hall–Kier alpha value is -0.770.